The standard InChI is InChI=1S/C25H25N5O7/c31-14-28-16-6-4-15(5-7-16)22(33)27-11-13-37-12-10-26-18-3-1-2-17-21(18)25(36)30(24(17)35)19-8-9-20(32)29-23(19)34/h1-7,14,19,26H,8-13H2,(H,27,33)(H,28,31)(H,29,32,34). The average Bonchev–Trinajstić information content (AvgIpc) is 3.14. The molecule has 0 spiro atoms. The molecule has 0 aliphatic carbocycles. The zero-order valence-corrected chi connectivity index (χ0v) is 19.7. The molecule has 6 amide bonds. The van der Waals surface area contributed by atoms with Crippen LogP contribution in [0.3, 0.4) is 0 Å². The molecule has 1 saturated heterocycles. The Morgan fingerprint density at radius 2 is 1.78 bits per heavy atom. The van der Waals surface area contributed by atoms with Crippen molar-refractivity contribution < 1.29 is 33.5 Å². The van der Waals surface area contributed by atoms with Crippen molar-refractivity contribution in [1.82, 2.24) is 15.5 Å². The van der Waals surface area contributed by atoms with Gasteiger partial charge in [-0.25, -0.2) is 0 Å². The van der Waals surface area contributed by atoms with E-state index in [4.69, 9.17) is 4.74 Å². The van der Waals surface area contributed by atoms with E-state index in [1.54, 1.807) is 36.4 Å². The number of carbonyl (C=O) groups excluding carboxylic acids is 6. The summed E-state index contributed by atoms with van der Waals surface area (Å²) < 4.78 is 5.53. The Balaban J connectivity index is 1.23. The second-order valence-corrected chi connectivity index (χ2v) is 8.31. The second-order valence-electron chi connectivity index (χ2n) is 8.31. The Labute approximate surface area is 211 Å². The van der Waals surface area contributed by atoms with Crippen molar-refractivity contribution in [3.05, 3.63) is 59.2 Å². The lowest BCUT2D eigenvalue weighted by atomic mass is 10.0. The highest BCUT2D eigenvalue weighted by molar-refractivity contribution is 6.25. The first-order valence-electron chi connectivity index (χ1n) is 11.7. The largest absolute Gasteiger partial charge is 0.382 e. The van der Waals surface area contributed by atoms with Crippen LogP contribution in [-0.2, 0) is 19.1 Å². The Morgan fingerprint density at radius 1 is 1.03 bits per heavy atom. The lowest BCUT2D eigenvalue weighted by Gasteiger charge is -2.27. The maximum atomic E-state index is 13.1. The highest BCUT2D eigenvalue weighted by Crippen LogP contribution is 2.32. The molecule has 2 aromatic rings. The average molecular weight is 508 g/mol. The number of hydrogen-bond acceptors (Lipinski definition) is 8. The summed E-state index contributed by atoms with van der Waals surface area (Å²) in [6, 6.07) is 10.2. The molecule has 0 bridgehead atoms. The molecule has 2 heterocycles. The summed E-state index contributed by atoms with van der Waals surface area (Å²) in [7, 11) is 0. The van der Waals surface area contributed by atoms with Gasteiger partial charge in [0.1, 0.15) is 6.04 Å². The number of fused-ring (bicyclic) bond motifs is 1. The van der Waals surface area contributed by atoms with Crippen molar-refractivity contribution in [2.45, 2.75) is 18.9 Å². The predicted octanol–water partition coefficient (Wildman–Crippen LogP) is 0.515. The van der Waals surface area contributed by atoms with Gasteiger partial charge in [0.25, 0.3) is 17.7 Å². The van der Waals surface area contributed by atoms with Crippen molar-refractivity contribution in [3.63, 3.8) is 0 Å². The van der Waals surface area contributed by atoms with Gasteiger partial charge in [-0.3, -0.25) is 39.0 Å². The zero-order chi connectivity index (χ0) is 26.4. The van der Waals surface area contributed by atoms with Gasteiger partial charge in [-0.1, -0.05) is 6.07 Å². The van der Waals surface area contributed by atoms with Gasteiger partial charge in [-0.2, -0.15) is 0 Å². The van der Waals surface area contributed by atoms with Crippen LogP contribution in [0.25, 0.3) is 0 Å². The van der Waals surface area contributed by atoms with E-state index in [1.165, 1.54) is 6.07 Å². The van der Waals surface area contributed by atoms with E-state index in [0.29, 0.717) is 29.9 Å². The number of rotatable bonds is 11. The third-order valence-corrected chi connectivity index (χ3v) is 5.93. The van der Waals surface area contributed by atoms with Crippen LogP contribution in [0, 0.1) is 0 Å². The van der Waals surface area contributed by atoms with Crippen LogP contribution < -0.4 is 21.3 Å². The van der Waals surface area contributed by atoms with Crippen LogP contribution in [0.5, 0.6) is 0 Å². The minimum Gasteiger partial charge on any atom is -0.382 e. The summed E-state index contributed by atoms with van der Waals surface area (Å²) in [6.45, 7) is 1.13. The molecule has 0 saturated carbocycles. The number of amides is 6. The minimum atomic E-state index is -1.03. The Kier molecular flexibility index (Phi) is 7.89. The van der Waals surface area contributed by atoms with Gasteiger partial charge in [0.2, 0.25) is 18.2 Å². The van der Waals surface area contributed by atoms with Gasteiger partial charge in [-0.05, 0) is 42.8 Å². The molecule has 1 fully saturated rings. The van der Waals surface area contributed by atoms with Crippen LogP contribution in [0.1, 0.15) is 43.9 Å². The Bertz CT molecular complexity index is 1240. The highest BCUT2D eigenvalue weighted by atomic mass is 16.5. The van der Waals surface area contributed by atoms with Gasteiger partial charge in [0.15, 0.2) is 0 Å². The number of imide groups is 2. The number of hydrogen-bond donors (Lipinski definition) is 4. The van der Waals surface area contributed by atoms with Gasteiger partial charge < -0.3 is 20.7 Å². The van der Waals surface area contributed by atoms with Crippen LogP contribution >= 0.6 is 0 Å². The zero-order valence-electron chi connectivity index (χ0n) is 19.7. The fourth-order valence-electron chi connectivity index (χ4n) is 4.15. The lowest BCUT2D eigenvalue weighted by molar-refractivity contribution is -0.136. The van der Waals surface area contributed by atoms with E-state index in [1.807, 2.05) is 0 Å². The van der Waals surface area contributed by atoms with Crippen molar-refractivity contribution in [2.24, 2.45) is 0 Å². The summed E-state index contributed by atoms with van der Waals surface area (Å²) >= 11 is 0. The van der Waals surface area contributed by atoms with Gasteiger partial charge >= 0.3 is 0 Å². The fourth-order valence-corrected chi connectivity index (χ4v) is 4.15. The van der Waals surface area contributed by atoms with E-state index < -0.39 is 29.7 Å². The number of ether oxygens (including phenoxy) is 1. The molecule has 12 heteroatoms. The van der Waals surface area contributed by atoms with Gasteiger partial charge in [0.05, 0.1) is 24.3 Å². The number of anilines is 2. The predicted molar refractivity (Wildman–Crippen MR) is 131 cm³/mol. The van der Waals surface area contributed by atoms with Crippen molar-refractivity contribution in [1.29, 1.82) is 0 Å². The molecule has 4 rings (SSSR count). The molecule has 2 aliphatic rings. The van der Waals surface area contributed by atoms with Gasteiger partial charge in [0, 0.05) is 36.4 Å². The summed E-state index contributed by atoms with van der Waals surface area (Å²) in [6.07, 6.45) is 0.698. The number of piperidine rings is 1. The molecule has 2 aromatic carbocycles. The lowest BCUT2D eigenvalue weighted by Crippen LogP contribution is -2.54. The van der Waals surface area contributed by atoms with Crippen molar-refractivity contribution in [2.75, 3.05) is 36.9 Å². The van der Waals surface area contributed by atoms with Crippen LogP contribution in [0.15, 0.2) is 42.5 Å². The molecule has 12 nitrogen and oxygen atoms in total. The maximum Gasteiger partial charge on any atom is 0.264 e. The van der Waals surface area contributed by atoms with E-state index in [0.717, 1.165) is 4.90 Å². The first-order chi connectivity index (χ1) is 17.9. The summed E-state index contributed by atoms with van der Waals surface area (Å²) in [5, 5.41) is 10.5. The normalized spacial score (nSPS) is 16.8. The quantitative estimate of drug-likeness (QED) is 0.194. The Morgan fingerprint density at radius 3 is 2.51 bits per heavy atom. The molecular weight excluding hydrogens is 482 g/mol. The van der Waals surface area contributed by atoms with E-state index in [-0.39, 0.29) is 49.6 Å². The van der Waals surface area contributed by atoms with Crippen LogP contribution in [0.2, 0.25) is 0 Å². The smallest absolute Gasteiger partial charge is 0.264 e. The number of benzene rings is 2. The monoisotopic (exact) mass is 507 g/mol. The van der Waals surface area contributed by atoms with E-state index in [9.17, 15) is 28.8 Å². The van der Waals surface area contributed by atoms with Crippen LogP contribution in [0.4, 0.5) is 11.4 Å². The SMILES string of the molecule is O=CNc1ccc(C(=O)NCCOCCNc2cccc3c2C(=O)N(C2CCC(=O)NC2=O)C3=O)cc1. The Hall–Kier alpha value is -4.58. The molecule has 4 N–H and O–H groups in total. The molecule has 0 radical (unpaired) electrons. The summed E-state index contributed by atoms with van der Waals surface area (Å²) in [5.41, 5.74) is 1.84. The second kappa shape index (κ2) is 11.4. The number of nitrogens with zero attached hydrogens (tertiary/aromatic N) is 1. The van der Waals surface area contributed by atoms with E-state index in [2.05, 4.69) is 21.3 Å². The third-order valence-electron chi connectivity index (χ3n) is 5.93. The van der Waals surface area contributed by atoms with Crippen LogP contribution in [-0.4, -0.2) is 73.2 Å². The topological polar surface area (TPSA) is 163 Å². The summed E-state index contributed by atoms with van der Waals surface area (Å²) in [5.74, 6) is -2.52. The molecule has 37 heavy (non-hydrogen) atoms. The summed E-state index contributed by atoms with van der Waals surface area (Å²) in [4.78, 5) is 73.1. The van der Waals surface area contributed by atoms with Crippen molar-refractivity contribution in [3.8, 4) is 0 Å². The number of nitrogens with one attached hydrogen (secondary N) is 4. The van der Waals surface area contributed by atoms with Crippen molar-refractivity contribution >= 4 is 47.3 Å². The first-order valence-corrected chi connectivity index (χ1v) is 11.7. The molecule has 1 unspecified atom stereocenters. The van der Waals surface area contributed by atoms with E-state index >= 15 is 0 Å². The molecule has 192 valence electrons. The van der Waals surface area contributed by atoms with Gasteiger partial charge in [-0.15, -0.1) is 0 Å². The number of carbonyl (C=O) groups is 6. The minimum absolute atomic E-state index is 0.0534. The third kappa shape index (κ3) is 5.64. The molecular formula is C25H25N5O7. The molecule has 2 aliphatic heterocycles. The fraction of sp³-hybridized carbons (Fsp3) is 0.280. The maximum absolute atomic E-state index is 13.1. The molecule has 1 atom stereocenters. The first kappa shape index (κ1) is 25.5. The highest BCUT2D eigenvalue weighted by Gasteiger charge is 2.45. The molecule has 0 aromatic heterocycles.